The van der Waals surface area contributed by atoms with Crippen LogP contribution in [-0.2, 0) is 11.3 Å². The molecule has 0 aromatic heterocycles. The lowest BCUT2D eigenvalue weighted by molar-refractivity contribution is -0.114. The average molecular weight is 408 g/mol. The molecule has 3 aromatic carbocycles. The summed E-state index contributed by atoms with van der Waals surface area (Å²) in [5.74, 6) is -0.341. The van der Waals surface area contributed by atoms with Crippen molar-refractivity contribution >= 4 is 34.8 Å². The monoisotopic (exact) mass is 407 g/mol. The lowest BCUT2D eigenvalue weighted by atomic mass is 10.1. The number of carbonyl (C=O) groups excluding carboxylic acids is 2. The number of nitrogens with zero attached hydrogens (tertiary/aromatic N) is 1. The Morgan fingerprint density at radius 2 is 1.66 bits per heavy atom. The second-order valence-corrected chi connectivity index (χ2v) is 7.02. The molecule has 29 heavy (non-hydrogen) atoms. The second kappa shape index (κ2) is 9.75. The lowest BCUT2D eigenvalue weighted by Crippen LogP contribution is -2.26. The minimum atomic E-state index is -0.229. The van der Waals surface area contributed by atoms with Crippen LogP contribution in [0.5, 0.6) is 0 Å². The third-order valence-corrected chi connectivity index (χ3v) is 4.65. The van der Waals surface area contributed by atoms with Crippen molar-refractivity contribution in [3.8, 4) is 0 Å². The molecule has 148 valence electrons. The number of rotatable bonds is 7. The zero-order chi connectivity index (χ0) is 20.6. The first kappa shape index (κ1) is 20.4. The summed E-state index contributed by atoms with van der Waals surface area (Å²) in [7, 11) is 1.76. The van der Waals surface area contributed by atoms with E-state index in [9.17, 15) is 9.59 Å². The molecule has 6 heteroatoms. The second-order valence-electron chi connectivity index (χ2n) is 6.61. The van der Waals surface area contributed by atoms with Crippen molar-refractivity contribution in [3.63, 3.8) is 0 Å². The molecule has 0 aliphatic carbocycles. The van der Waals surface area contributed by atoms with E-state index >= 15 is 0 Å². The minimum absolute atomic E-state index is 0.0653. The summed E-state index contributed by atoms with van der Waals surface area (Å²) in [4.78, 5) is 26.6. The van der Waals surface area contributed by atoms with Crippen LogP contribution in [0.15, 0.2) is 78.9 Å². The summed E-state index contributed by atoms with van der Waals surface area (Å²) in [5.41, 5.74) is 2.82. The molecular weight excluding hydrogens is 386 g/mol. The molecule has 0 aliphatic rings. The highest BCUT2D eigenvalue weighted by Crippen LogP contribution is 2.20. The van der Waals surface area contributed by atoms with Crippen LogP contribution < -0.4 is 10.6 Å². The van der Waals surface area contributed by atoms with Crippen molar-refractivity contribution < 1.29 is 9.59 Å². The van der Waals surface area contributed by atoms with E-state index in [1.807, 2.05) is 42.5 Å². The van der Waals surface area contributed by atoms with Gasteiger partial charge in [-0.3, -0.25) is 9.59 Å². The minimum Gasteiger partial charge on any atom is -0.375 e. The van der Waals surface area contributed by atoms with E-state index in [0.29, 0.717) is 28.5 Å². The number of para-hydroxylation sites is 1. The molecule has 5 nitrogen and oxygen atoms in total. The van der Waals surface area contributed by atoms with Gasteiger partial charge in [-0.2, -0.15) is 0 Å². The Bertz CT molecular complexity index is 992. The Balaban J connectivity index is 1.59. The molecular formula is C23H22ClN3O2. The molecule has 0 heterocycles. The maximum Gasteiger partial charge on any atom is 0.253 e. The van der Waals surface area contributed by atoms with Crippen LogP contribution in [0.4, 0.5) is 11.4 Å². The number of anilines is 2. The first-order chi connectivity index (χ1) is 14.0. The summed E-state index contributed by atoms with van der Waals surface area (Å²) in [6, 6.07) is 23.9. The standard InChI is InChI=1S/C23H22ClN3O2/c1-27(16-17-8-3-2-4-9-17)23(29)18-10-7-11-19(14-18)26-22(28)15-25-21-13-6-5-12-20(21)24/h2-14,25H,15-16H2,1H3,(H,26,28). The van der Waals surface area contributed by atoms with Crippen molar-refractivity contribution in [3.05, 3.63) is 95.0 Å². The summed E-state index contributed by atoms with van der Waals surface area (Å²) < 4.78 is 0. The van der Waals surface area contributed by atoms with Gasteiger partial charge < -0.3 is 15.5 Å². The third-order valence-electron chi connectivity index (χ3n) is 4.32. The van der Waals surface area contributed by atoms with E-state index in [4.69, 9.17) is 11.6 Å². The fourth-order valence-corrected chi connectivity index (χ4v) is 3.07. The van der Waals surface area contributed by atoms with E-state index in [1.54, 1.807) is 48.3 Å². The normalized spacial score (nSPS) is 10.3. The molecule has 0 aliphatic heterocycles. The van der Waals surface area contributed by atoms with Crippen LogP contribution in [0, 0.1) is 0 Å². The fraction of sp³-hybridized carbons (Fsp3) is 0.130. The van der Waals surface area contributed by atoms with Crippen LogP contribution in [-0.4, -0.2) is 30.3 Å². The number of nitrogens with one attached hydrogen (secondary N) is 2. The van der Waals surface area contributed by atoms with Gasteiger partial charge in [0.05, 0.1) is 17.3 Å². The van der Waals surface area contributed by atoms with E-state index < -0.39 is 0 Å². The molecule has 3 rings (SSSR count). The molecule has 0 atom stereocenters. The van der Waals surface area contributed by atoms with E-state index in [-0.39, 0.29) is 18.4 Å². The molecule has 0 fully saturated rings. The first-order valence-electron chi connectivity index (χ1n) is 9.20. The summed E-state index contributed by atoms with van der Waals surface area (Å²) >= 11 is 6.07. The fourth-order valence-electron chi connectivity index (χ4n) is 2.86. The van der Waals surface area contributed by atoms with E-state index in [2.05, 4.69) is 10.6 Å². The molecule has 0 unspecified atom stereocenters. The third kappa shape index (κ3) is 5.83. The molecule has 0 saturated carbocycles. The van der Waals surface area contributed by atoms with E-state index in [1.165, 1.54) is 0 Å². The smallest absolute Gasteiger partial charge is 0.253 e. The SMILES string of the molecule is CN(Cc1ccccc1)C(=O)c1cccc(NC(=O)CNc2ccccc2Cl)c1. The maximum absolute atomic E-state index is 12.7. The van der Waals surface area contributed by atoms with Gasteiger partial charge in [-0.05, 0) is 35.9 Å². The van der Waals surface area contributed by atoms with Gasteiger partial charge in [0.15, 0.2) is 0 Å². The molecule has 0 bridgehead atoms. The Kier molecular flexibility index (Phi) is 6.87. The van der Waals surface area contributed by atoms with Crippen molar-refractivity contribution in [2.45, 2.75) is 6.54 Å². The summed E-state index contributed by atoms with van der Waals surface area (Å²) in [6.07, 6.45) is 0. The van der Waals surface area contributed by atoms with Gasteiger partial charge >= 0.3 is 0 Å². The zero-order valence-corrected chi connectivity index (χ0v) is 16.8. The Morgan fingerprint density at radius 3 is 2.41 bits per heavy atom. The van der Waals surface area contributed by atoms with Gasteiger partial charge in [0.2, 0.25) is 5.91 Å². The van der Waals surface area contributed by atoms with Gasteiger partial charge in [0, 0.05) is 24.8 Å². The van der Waals surface area contributed by atoms with Crippen LogP contribution in [0.25, 0.3) is 0 Å². The predicted octanol–water partition coefficient (Wildman–Crippen LogP) is 4.66. The quantitative estimate of drug-likeness (QED) is 0.598. The van der Waals surface area contributed by atoms with Crippen LogP contribution in [0.2, 0.25) is 5.02 Å². The number of halogens is 1. The van der Waals surface area contributed by atoms with Crippen molar-refractivity contribution in [1.29, 1.82) is 0 Å². The van der Waals surface area contributed by atoms with Crippen molar-refractivity contribution in [2.24, 2.45) is 0 Å². The van der Waals surface area contributed by atoms with Gasteiger partial charge in [-0.25, -0.2) is 0 Å². The number of amides is 2. The van der Waals surface area contributed by atoms with Crippen LogP contribution in [0.3, 0.4) is 0 Å². The average Bonchev–Trinajstić information content (AvgIpc) is 2.73. The van der Waals surface area contributed by atoms with Crippen molar-refractivity contribution in [1.82, 2.24) is 4.90 Å². The van der Waals surface area contributed by atoms with Crippen LogP contribution >= 0.6 is 11.6 Å². The number of hydrogen-bond acceptors (Lipinski definition) is 3. The van der Waals surface area contributed by atoms with Crippen LogP contribution in [0.1, 0.15) is 15.9 Å². The molecule has 2 amide bonds. The van der Waals surface area contributed by atoms with E-state index in [0.717, 1.165) is 5.56 Å². The highest BCUT2D eigenvalue weighted by molar-refractivity contribution is 6.33. The zero-order valence-electron chi connectivity index (χ0n) is 16.1. The highest BCUT2D eigenvalue weighted by atomic mass is 35.5. The number of hydrogen-bond donors (Lipinski definition) is 2. The topological polar surface area (TPSA) is 61.4 Å². The lowest BCUT2D eigenvalue weighted by Gasteiger charge is -2.18. The maximum atomic E-state index is 12.7. The largest absolute Gasteiger partial charge is 0.375 e. The molecule has 3 aromatic rings. The summed E-state index contributed by atoms with van der Waals surface area (Å²) in [6.45, 7) is 0.577. The van der Waals surface area contributed by atoms with Crippen molar-refractivity contribution in [2.75, 3.05) is 24.2 Å². The highest BCUT2D eigenvalue weighted by Gasteiger charge is 2.13. The molecule has 0 spiro atoms. The Morgan fingerprint density at radius 1 is 0.931 bits per heavy atom. The Hall–Kier alpha value is -3.31. The summed E-state index contributed by atoms with van der Waals surface area (Å²) in [5, 5.41) is 6.35. The molecule has 2 N–H and O–H groups in total. The van der Waals surface area contributed by atoms with Gasteiger partial charge in [-0.15, -0.1) is 0 Å². The molecule has 0 radical (unpaired) electrons. The number of benzene rings is 3. The van der Waals surface area contributed by atoms with Gasteiger partial charge in [0.1, 0.15) is 0 Å². The van der Waals surface area contributed by atoms with Gasteiger partial charge in [0.25, 0.3) is 5.91 Å². The Labute approximate surface area is 175 Å². The molecule has 0 saturated heterocycles. The van der Waals surface area contributed by atoms with Gasteiger partial charge in [-0.1, -0.05) is 60.1 Å². The predicted molar refractivity (Wildman–Crippen MR) is 117 cm³/mol. The number of carbonyl (C=O) groups is 2. The first-order valence-corrected chi connectivity index (χ1v) is 9.58.